The van der Waals surface area contributed by atoms with Gasteiger partial charge in [0.05, 0.1) is 6.54 Å². The van der Waals surface area contributed by atoms with Gasteiger partial charge in [0.2, 0.25) is 11.8 Å². The SMILES string of the molecule is Cc1cccc(CN2CCN(C(=O)CCn3cncn3)CCC2=O)c1. The first-order chi connectivity index (χ1) is 12.1. The molecule has 0 spiro atoms. The zero-order valence-electron chi connectivity index (χ0n) is 14.5. The van der Waals surface area contributed by atoms with E-state index in [1.807, 2.05) is 30.0 Å². The summed E-state index contributed by atoms with van der Waals surface area (Å²) in [5.41, 5.74) is 2.31. The first kappa shape index (κ1) is 17.1. The van der Waals surface area contributed by atoms with Crippen molar-refractivity contribution in [3.8, 4) is 0 Å². The van der Waals surface area contributed by atoms with Gasteiger partial charge < -0.3 is 9.80 Å². The van der Waals surface area contributed by atoms with Crippen molar-refractivity contribution < 1.29 is 9.59 Å². The third-order valence-electron chi connectivity index (χ3n) is 4.42. The van der Waals surface area contributed by atoms with Gasteiger partial charge in [0.15, 0.2) is 0 Å². The number of nitrogens with zero attached hydrogens (tertiary/aromatic N) is 5. The molecule has 0 N–H and O–H groups in total. The minimum Gasteiger partial charge on any atom is -0.340 e. The van der Waals surface area contributed by atoms with Crippen molar-refractivity contribution >= 4 is 11.8 Å². The Kier molecular flexibility index (Phi) is 5.42. The fourth-order valence-electron chi connectivity index (χ4n) is 3.03. The van der Waals surface area contributed by atoms with Crippen LogP contribution in [0.1, 0.15) is 24.0 Å². The fourth-order valence-corrected chi connectivity index (χ4v) is 3.03. The fraction of sp³-hybridized carbons (Fsp3) is 0.444. The Labute approximate surface area is 147 Å². The molecular formula is C18H23N5O2. The third-order valence-corrected chi connectivity index (χ3v) is 4.42. The second-order valence-electron chi connectivity index (χ2n) is 6.34. The van der Waals surface area contributed by atoms with Crippen molar-refractivity contribution in [2.75, 3.05) is 19.6 Å². The molecule has 1 aromatic heterocycles. The van der Waals surface area contributed by atoms with Crippen molar-refractivity contribution in [3.63, 3.8) is 0 Å². The van der Waals surface area contributed by atoms with Crippen LogP contribution in [0.15, 0.2) is 36.9 Å². The van der Waals surface area contributed by atoms with E-state index in [2.05, 4.69) is 16.1 Å². The minimum absolute atomic E-state index is 0.0562. The van der Waals surface area contributed by atoms with Gasteiger partial charge in [-0.15, -0.1) is 0 Å². The van der Waals surface area contributed by atoms with Crippen molar-refractivity contribution in [1.82, 2.24) is 24.6 Å². The summed E-state index contributed by atoms with van der Waals surface area (Å²) in [4.78, 5) is 32.3. The Morgan fingerprint density at radius 3 is 2.88 bits per heavy atom. The lowest BCUT2D eigenvalue weighted by Gasteiger charge is -2.22. The molecule has 25 heavy (non-hydrogen) atoms. The maximum atomic E-state index is 12.4. The Balaban J connectivity index is 1.55. The average molecular weight is 341 g/mol. The summed E-state index contributed by atoms with van der Waals surface area (Å²) in [5, 5.41) is 4.00. The molecule has 0 unspecified atom stereocenters. The molecule has 1 aliphatic rings. The zero-order chi connectivity index (χ0) is 17.6. The van der Waals surface area contributed by atoms with E-state index in [0.717, 1.165) is 5.56 Å². The van der Waals surface area contributed by atoms with E-state index in [4.69, 9.17) is 0 Å². The molecule has 0 radical (unpaired) electrons. The van der Waals surface area contributed by atoms with Crippen LogP contribution in [0.2, 0.25) is 0 Å². The van der Waals surface area contributed by atoms with Crippen molar-refractivity contribution in [3.05, 3.63) is 48.0 Å². The van der Waals surface area contributed by atoms with Crippen molar-refractivity contribution in [2.45, 2.75) is 32.9 Å². The number of amides is 2. The van der Waals surface area contributed by atoms with E-state index in [1.165, 1.54) is 11.9 Å². The van der Waals surface area contributed by atoms with Gasteiger partial charge in [-0.1, -0.05) is 29.8 Å². The van der Waals surface area contributed by atoms with Crippen LogP contribution < -0.4 is 0 Å². The largest absolute Gasteiger partial charge is 0.340 e. The Morgan fingerprint density at radius 2 is 2.12 bits per heavy atom. The third kappa shape index (κ3) is 4.65. The molecule has 0 aliphatic carbocycles. The van der Waals surface area contributed by atoms with Gasteiger partial charge in [0.25, 0.3) is 0 Å². The highest BCUT2D eigenvalue weighted by molar-refractivity contribution is 5.80. The predicted molar refractivity (Wildman–Crippen MR) is 92.4 cm³/mol. The predicted octanol–water partition coefficient (Wildman–Crippen LogP) is 1.24. The highest BCUT2D eigenvalue weighted by atomic mass is 16.2. The molecule has 7 nitrogen and oxygen atoms in total. The number of carbonyl (C=O) groups is 2. The topological polar surface area (TPSA) is 71.3 Å². The Morgan fingerprint density at radius 1 is 1.24 bits per heavy atom. The quantitative estimate of drug-likeness (QED) is 0.820. The lowest BCUT2D eigenvalue weighted by atomic mass is 10.1. The molecule has 2 amide bonds. The van der Waals surface area contributed by atoms with Gasteiger partial charge in [-0.2, -0.15) is 5.10 Å². The number of carbonyl (C=O) groups excluding carboxylic acids is 2. The van der Waals surface area contributed by atoms with E-state index in [9.17, 15) is 9.59 Å². The number of benzene rings is 1. The standard InChI is InChI=1S/C18H23N5O2/c1-15-3-2-4-16(11-15)12-22-10-9-21(7-5-18(22)25)17(24)6-8-23-14-19-13-20-23/h2-4,11,13-14H,5-10,12H2,1H3. The van der Waals surface area contributed by atoms with E-state index < -0.39 is 0 Å². The molecule has 0 bridgehead atoms. The lowest BCUT2D eigenvalue weighted by molar-refractivity contribution is -0.131. The summed E-state index contributed by atoms with van der Waals surface area (Å²) < 4.78 is 1.64. The van der Waals surface area contributed by atoms with Crippen molar-refractivity contribution in [1.29, 1.82) is 0 Å². The number of rotatable bonds is 5. The first-order valence-electron chi connectivity index (χ1n) is 8.55. The molecule has 132 valence electrons. The molecule has 2 heterocycles. The second-order valence-corrected chi connectivity index (χ2v) is 6.34. The molecular weight excluding hydrogens is 318 g/mol. The van der Waals surface area contributed by atoms with Crippen LogP contribution in [0.5, 0.6) is 0 Å². The summed E-state index contributed by atoms with van der Waals surface area (Å²) in [5.74, 6) is 0.161. The minimum atomic E-state index is 0.0562. The number of hydrogen-bond donors (Lipinski definition) is 0. The van der Waals surface area contributed by atoms with E-state index in [-0.39, 0.29) is 11.8 Å². The van der Waals surface area contributed by atoms with E-state index in [0.29, 0.717) is 45.6 Å². The maximum absolute atomic E-state index is 12.4. The second kappa shape index (κ2) is 7.92. The van der Waals surface area contributed by atoms with Gasteiger partial charge in [-0.3, -0.25) is 14.3 Å². The molecule has 1 saturated heterocycles. The molecule has 1 aliphatic heterocycles. The first-order valence-corrected chi connectivity index (χ1v) is 8.55. The Bertz CT molecular complexity index is 729. The van der Waals surface area contributed by atoms with Gasteiger partial charge in [-0.25, -0.2) is 4.98 Å². The van der Waals surface area contributed by atoms with Crippen LogP contribution in [0.3, 0.4) is 0 Å². The van der Waals surface area contributed by atoms with Gasteiger partial charge in [0.1, 0.15) is 12.7 Å². The van der Waals surface area contributed by atoms with Crippen LogP contribution in [0, 0.1) is 6.92 Å². The monoisotopic (exact) mass is 341 g/mol. The van der Waals surface area contributed by atoms with Crippen LogP contribution in [0.25, 0.3) is 0 Å². The van der Waals surface area contributed by atoms with Gasteiger partial charge in [-0.05, 0) is 12.5 Å². The highest BCUT2D eigenvalue weighted by Gasteiger charge is 2.23. The van der Waals surface area contributed by atoms with Crippen LogP contribution in [-0.2, 0) is 22.7 Å². The summed E-state index contributed by atoms with van der Waals surface area (Å²) in [6.45, 7) is 4.79. The molecule has 2 aromatic rings. The van der Waals surface area contributed by atoms with E-state index >= 15 is 0 Å². The molecule has 1 aromatic carbocycles. The molecule has 0 atom stereocenters. The normalized spacial score (nSPS) is 15.3. The molecule has 3 rings (SSSR count). The average Bonchev–Trinajstić information content (AvgIpc) is 3.05. The summed E-state index contributed by atoms with van der Waals surface area (Å²) in [6.07, 6.45) is 3.80. The highest BCUT2D eigenvalue weighted by Crippen LogP contribution is 2.12. The van der Waals surface area contributed by atoms with Crippen molar-refractivity contribution in [2.24, 2.45) is 0 Å². The number of aromatic nitrogens is 3. The van der Waals surface area contributed by atoms with Crippen LogP contribution in [-0.4, -0.2) is 56.0 Å². The maximum Gasteiger partial charge on any atom is 0.224 e. The van der Waals surface area contributed by atoms with Gasteiger partial charge in [0, 0.05) is 39.0 Å². The summed E-state index contributed by atoms with van der Waals surface area (Å²) >= 11 is 0. The summed E-state index contributed by atoms with van der Waals surface area (Å²) in [6, 6.07) is 8.18. The number of aryl methyl sites for hydroxylation is 2. The van der Waals surface area contributed by atoms with Crippen LogP contribution in [0.4, 0.5) is 0 Å². The summed E-state index contributed by atoms with van der Waals surface area (Å²) in [7, 11) is 0. The smallest absolute Gasteiger partial charge is 0.224 e. The van der Waals surface area contributed by atoms with Crippen LogP contribution >= 0.6 is 0 Å². The van der Waals surface area contributed by atoms with Gasteiger partial charge >= 0.3 is 0 Å². The zero-order valence-corrected chi connectivity index (χ0v) is 14.5. The number of hydrogen-bond acceptors (Lipinski definition) is 4. The van der Waals surface area contributed by atoms with E-state index in [1.54, 1.807) is 15.9 Å². The Hall–Kier alpha value is -2.70. The molecule has 7 heteroatoms. The lowest BCUT2D eigenvalue weighted by Crippen LogP contribution is -2.36. The molecule has 1 fully saturated rings. The molecule has 0 saturated carbocycles.